The van der Waals surface area contributed by atoms with Crippen molar-refractivity contribution in [2.45, 2.75) is 32.1 Å². The van der Waals surface area contributed by atoms with Gasteiger partial charge in [0.1, 0.15) is 5.04 Å². The lowest BCUT2D eigenvalue weighted by Gasteiger charge is -2.20. The smallest absolute Gasteiger partial charge is 0.283 e. The Morgan fingerprint density at radius 3 is 2.80 bits per heavy atom. The highest BCUT2D eigenvalue weighted by Gasteiger charge is 2.38. The minimum Gasteiger partial charge on any atom is -0.317 e. The molecule has 0 bridgehead atoms. The van der Waals surface area contributed by atoms with Crippen molar-refractivity contribution in [1.29, 1.82) is 5.41 Å². The molecule has 1 amide bonds. The molecule has 1 fully saturated rings. The molecular formula is C22H20ClN5OS. The molecular weight excluding hydrogens is 418 g/mol. The van der Waals surface area contributed by atoms with Crippen LogP contribution in [0.4, 0.5) is 0 Å². The molecule has 1 aromatic heterocycles. The zero-order chi connectivity index (χ0) is 20.7. The maximum absolute atomic E-state index is 12.7. The van der Waals surface area contributed by atoms with Gasteiger partial charge >= 0.3 is 0 Å². The number of hydrogen-bond acceptors (Lipinski definition) is 4. The fourth-order valence-corrected chi connectivity index (χ4v) is 5.29. The highest BCUT2D eigenvalue weighted by molar-refractivity contribution is 8.27. The van der Waals surface area contributed by atoms with Crippen molar-refractivity contribution in [2.24, 2.45) is 16.0 Å². The van der Waals surface area contributed by atoms with Crippen LogP contribution in [0.1, 0.15) is 37.8 Å². The number of benzene rings is 1. The number of fused-ring (bicyclic) bond motifs is 1. The zero-order valence-electron chi connectivity index (χ0n) is 16.2. The fourth-order valence-electron chi connectivity index (χ4n) is 4.04. The van der Waals surface area contributed by atoms with Crippen LogP contribution in [0.3, 0.4) is 0 Å². The lowest BCUT2D eigenvalue weighted by molar-refractivity contribution is -0.114. The molecule has 6 nitrogen and oxygen atoms in total. The largest absolute Gasteiger partial charge is 0.317 e. The van der Waals surface area contributed by atoms with E-state index < -0.39 is 5.91 Å². The number of aromatic nitrogens is 1. The second kappa shape index (κ2) is 7.89. The van der Waals surface area contributed by atoms with Gasteiger partial charge in [0.15, 0.2) is 5.84 Å². The fraction of sp³-hybridized carbons (Fsp3) is 0.273. The molecule has 0 spiro atoms. The van der Waals surface area contributed by atoms with E-state index in [0.29, 0.717) is 16.1 Å². The minimum atomic E-state index is -0.405. The Morgan fingerprint density at radius 2 is 2.00 bits per heavy atom. The number of amidine groups is 2. The van der Waals surface area contributed by atoms with Gasteiger partial charge in [-0.05, 0) is 61.0 Å². The summed E-state index contributed by atoms with van der Waals surface area (Å²) in [5, 5.41) is 16.9. The van der Waals surface area contributed by atoms with Crippen LogP contribution in [0.25, 0.3) is 11.8 Å². The summed E-state index contributed by atoms with van der Waals surface area (Å²) in [6, 6.07) is 11.3. The van der Waals surface area contributed by atoms with E-state index in [2.05, 4.69) is 10.1 Å². The van der Waals surface area contributed by atoms with Crippen molar-refractivity contribution in [3.8, 4) is 5.69 Å². The van der Waals surface area contributed by atoms with Crippen molar-refractivity contribution in [3.63, 3.8) is 0 Å². The van der Waals surface area contributed by atoms with Gasteiger partial charge in [-0.3, -0.25) is 10.2 Å². The van der Waals surface area contributed by atoms with Crippen molar-refractivity contribution in [3.05, 3.63) is 58.9 Å². The summed E-state index contributed by atoms with van der Waals surface area (Å²) in [5.74, 6) is 0.0762. The van der Waals surface area contributed by atoms with Gasteiger partial charge in [-0.15, -0.1) is 0 Å². The summed E-state index contributed by atoms with van der Waals surface area (Å²) in [6.45, 7) is 0. The number of halogens is 1. The van der Waals surface area contributed by atoms with E-state index in [9.17, 15) is 4.79 Å². The van der Waals surface area contributed by atoms with Crippen LogP contribution >= 0.6 is 23.4 Å². The third-order valence-electron chi connectivity index (χ3n) is 5.58. The number of hydrogen-bond donors (Lipinski definition) is 1. The summed E-state index contributed by atoms with van der Waals surface area (Å²) < 4.78 is 1.92. The quantitative estimate of drug-likeness (QED) is 0.659. The molecule has 1 saturated carbocycles. The Bertz CT molecular complexity index is 1130. The molecule has 2 aliphatic heterocycles. The second-order valence-corrected chi connectivity index (χ2v) is 9.00. The number of nitrogens with one attached hydrogen (secondary N) is 1. The molecule has 1 aromatic carbocycles. The number of carbonyl (C=O) groups is 1. The Kier molecular flexibility index (Phi) is 5.08. The maximum Gasteiger partial charge on any atom is 0.283 e. The second-order valence-electron chi connectivity index (χ2n) is 7.58. The molecule has 0 unspecified atom stereocenters. The zero-order valence-corrected chi connectivity index (χ0v) is 17.8. The first-order chi connectivity index (χ1) is 14.6. The van der Waals surface area contributed by atoms with Crippen LogP contribution in [0, 0.1) is 11.3 Å². The summed E-state index contributed by atoms with van der Waals surface area (Å²) >= 11 is 7.57. The van der Waals surface area contributed by atoms with Gasteiger partial charge in [0.05, 0.1) is 5.57 Å². The van der Waals surface area contributed by atoms with Crippen molar-refractivity contribution in [1.82, 2.24) is 9.58 Å². The summed E-state index contributed by atoms with van der Waals surface area (Å²) in [5.41, 5.74) is 1.88. The Balaban J connectivity index is 1.47. The molecule has 3 heterocycles. The van der Waals surface area contributed by atoms with E-state index in [4.69, 9.17) is 17.0 Å². The predicted molar refractivity (Wildman–Crippen MR) is 122 cm³/mol. The highest BCUT2D eigenvalue weighted by atomic mass is 35.5. The molecule has 8 heteroatoms. The number of thioether (sulfide) groups is 1. The lowest BCUT2D eigenvalue weighted by Crippen LogP contribution is -2.35. The molecule has 1 N–H and O–H groups in total. The predicted octanol–water partition coefficient (Wildman–Crippen LogP) is 5.33. The first-order valence-electron chi connectivity index (χ1n) is 10.0. The van der Waals surface area contributed by atoms with Gasteiger partial charge in [-0.25, -0.2) is 0 Å². The maximum atomic E-state index is 12.7. The Hall–Kier alpha value is -2.64. The van der Waals surface area contributed by atoms with Crippen LogP contribution in [0.5, 0.6) is 0 Å². The molecule has 0 radical (unpaired) electrons. The molecule has 0 saturated heterocycles. The van der Waals surface area contributed by atoms with Gasteiger partial charge in [0, 0.05) is 28.5 Å². The standard InChI is InChI=1S/C22H20ClN5OS/c23-15-8-4-9-16(12-15)27-11-5-10-17(27)13-18-19(24)28-22(25-20(18)29)30-21(26-28)14-6-2-1-3-7-14/h4-5,8-14,24H,1-3,6-7H2/b18-13-,24-19?. The number of aliphatic imine (C=N–C) groups is 1. The normalized spacial score (nSPS) is 21.1. The first-order valence-corrected chi connectivity index (χ1v) is 11.2. The molecule has 2 aromatic rings. The topological polar surface area (TPSA) is 73.8 Å². The van der Waals surface area contributed by atoms with Crippen molar-refractivity contribution in [2.75, 3.05) is 0 Å². The Labute approximate surface area is 183 Å². The van der Waals surface area contributed by atoms with E-state index in [1.807, 2.05) is 47.2 Å². The van der Waals surface area contributed by atoms with Gasteiger partial charge in [0.25, 0.3) is 5.91 Å². The average Bonchev–Trinajstić information content (AvgIpc) is 3.39. The van der Waals surface area contributed by atoms with Gasteiger partial charge < -0.3 is 4.57 Å². The summed E-state index contributed by atoms with van der Waals surface area (Å²) in [4.78, 5) is 17.0. The number of amides is 1. The summed E-state index contributed by atoms with van der Waals surface area (Å²) in [7, 11) is 0. The van der Waals surface area contributed by atoms with E-state index in [1.165, 1.54) is 36.0 Å². The number of nitrogens with zero attached hydrogens (tertiary/aromatic N) is 4. The first kappa shape index (κ1) is 19.3. The third kappa shape index (κ3) is 3.52. The number of rotatable bonds is 3. The molecule has 0 atom stereocenters. The van der Waals surface area contributed by atoms with Crippen LogP contribution in [-0.4, -0.2) is 31.5 Å². The van der Waals surface area contributed by atoms with Gasteiger partial charge in [-0.2, -0.15) is 15.1 Å². The molecule has 3 aliphatic rings. The van der Waals surface area contributed by atoms with Crippen molar-refractivity contribution >= 4 is 51.4 Å². The molecule has 30 heavy (non-hydrogen) atoms. The van der Waals surface area contributed by atoms with Crippen LogP contribution in [-0.2, 0) is 4.79 Å². The van der Waals surface area contributed by atoms with Crippen LogP contribution in [0.15, 0.2) is 58.3 Å². The molecule has 152 valence electrons. The van der Waals surface area contributed by atoms with Gasteiger partial charge in [-0.1, -0.05) is 36.9 Å². The minimum absolute atomic E-state index is 0.0714. The van der Waals surface area contributed by atoms with Crippen LogP contribution < -0.4 is 0 Å². The van der Waals surface area contributed by atoms with Gasteiger partial charge in [0.2, 0.25) is 5.17 Å². The SMILES string of the molecule is N=C1/C(=C/c2cccn2-c2cccc(Cl)c2)C(=O)N=C2SC(C3CCCCC3)=NN12. The van der Waals surface area contributed by atoms with E-state index in [-0.39, 0.29) is 11.4 Å². The average molecular weight is 438 g/mol. The van der Waals surface area contributed by atoms with E-state index in [0.717, 1.165) is 29.3 Å². The van der Waals surface area contributed by atoms with Crippen molar-refractivity contribution < 1.29 is 4.79 Å². The number of hydrazone groups is 1. The Morgan fingerprint density at radius 1 is 1.17 bits per heavy atom. The van der Waals surface area contributed by atoms with E-state index in [1.54, 1.807) is 6.08 Å². The molecule has 1 aliphatic carbocycles. The highest BCUT2D eigenvalue weighted by Crippen LogP contribution is 2.36. The monoisotopic (exact) mass is 437 g/mol. The molecule has 5 rings (SSSR count). The van der Waals surface area contributed by atoms with Crippen LogP contribution in [0.2, 0.25) is 5.02 Å². The summed E-state index contributed by atoms with van der Waals surface area (Å²) in [6.07, 6.45) is 9.51. The lowest BCUT2D eigenvalue weighted by atomic mass is 9.90. The van der Waals surface area contributed by atoms with E-state index >= 15 is 0 Å². The number of carbonyl (C=O) groups excluding carboxylic acids is 1. The third-order valence-corrected chi connectivity index (χ3v) is 6.89.